The Hall–Kier alpha value is -2.88. The van der Waals surface area contributed by atoms with Crippen molar-refractivity contribution < 1.29 is 18.0 Å². The predicted molar refractivity (Wildman–Crippen MR) is 150 cm³/mol. The van der Waals surface area contributed by atoms with E-state index in [4.69, 9.17) is 11.6 Å². The number of amides is 2. The number of halogens is 2. The molecule has 0 spiro atoms. The standard InChI is InChI=1S/C27H29BrClN3O4S/c1-19(2)30-27(34)20(3)31(17-21-12-14-23(29)15-13-21)26(33)18-32(24-9-7-8-22(28)16-24)37(35,36)25-10-5-4-6-11-25/h4-16,19-20H,17-18H2,1-3H3,(H,30,34). The number of hydrogen-bond donors (Lipinski definition) is 1. The molecule has 0 aliphatic heterocycles. The second-order valence-corrected chi connectivity index (χ2v) is 12.0. The summed E-state index contributed by atoms with van der Waals surface area (Å²) in [5.74, 6) is -0.863. The topological polar surface area (TPSA) is 86.8 Å². The lowest BCUT2D eigenvalue weighted by atomic mass is 10.1. The summed E-state index contributed by atoms with van der Waals surface area (Å²) < 4.78 is 29.1. The molecule has 0 saturated carbocycles. The van der Waals surface area contributed by atoms with E-state index in [0.29, 0.717) is 15.2 Å². The number of rotatable bonds is 10. The second-order valence-electron chi connectivity index (χ2n) is 8.79. The molecule has 0 fully saturated rings. The molecule has 0 heterocycles. The minimum atomic E-state index is -4.10. The van der Waals surface area contributed by atoms with Crippen LogP contribution in [0.5, 0.6) is 0 Å². The average molecular weight is 607 g/mol. The summed E-state index contributed by atoms with van der Waals surface area (Å²) in [4.78, 5) is 28.1. The Morgan fingerprint density at radius 2 is 1.59 bits per heavy atom. The summed E-state index contributed by atoms with van der Waals surface area (Å²) in [5, 5.41) is 3.37. The van der Waals surface area contributed by atoms with Gasteiger partial charge in [0.05, 0.1) is 10.6 Å². The van der Waals surface area contributed by atoms with Crippen LogP contribution in [0.2, 0.25) is 5.02 Å². The molecule has 1 atom stereocenters. The maximum Gasteiger partial charge on any atom is 0.264 e. The third-order valence-electron chi connectivity index (χ3n) is 5.57. The van der Waals surface area contributed by atoms with E-state index in [2.05, 4.69) is 21.2 Å². The van der Waals surface area contributed by atoms with E-state index in [1.807, 2.05) is 13.8 Å². The van der Waals surface area contributed by atoms with Crippen LogP contribution in [-0.2, 0) is 26.2 Å². The van der Waals surface area contributed by atoms with Crippen molar-refractivity contribution >= 4 is 55.1 Å². The van der Waals surface area contributed by atoms with Crippen LogP contribution in [0, 0.1) is 0 Å². The predicted octanol–water partition coefficient (Wildman–Crippen LogP) is 5.24. The minimum absolute atomic E-state index is 0.0534. The van der Waals surface area contributed by atoms with Crippen LogP contribution in [0.15, 0.2) is 88.2 Å². The Bertz CT molecular complexity index is 1340. The highest BCUT2D eigenvalue weighted by Gasteiger charge is 2.32. The van der Waals surface area contributed by atoms with Crippen molar-refractivity contribution in [2.75, 3.05) is 10.8 Å². The van der Waals surface area contributed by atoms with E-state index in [9.17, 15) is 18.0 Å². The van der Waals surface area contributed by atoms with E-state index in [1.165, 1.54) is 17.0 Å². The molecule has 3 aromatic carbocycles. The van der Waals surface area contributed by atoms with Crippen molar-refractivity contribution in [1.29, 1.82) is 0 Å². The number of sulfonamides is 1. The molecule has 0 aromatic heterocycles. The first-order valence-electron chi connectivity index (χ1n) is 11.7. The van der Waals surface area contributed by atoms with Crippen LogP contribution >= 0.6 is 27.5 Å². The highest BCUT2D eigenvalue weighted by Crippen LogP contribution is 2.27. The number of benzene rings is 3. The third kappa shape index (κ3) is 7.56. The van der Waals surface area contributed by atoms with Crippen LogP contribution in [-0.4, -0.2) is 43.8 Å². The summed E-state index contributed by atoms with van der Waals surface area (Å²) in [7, 11) is -4.10. The van der Waals surface area contributed by atoms with Crippen molar-refractivity contribution in [2.45, 2.75) is 44.3 Å². The van der Waals surface area contributed by atoms with E-state index < -0.39 is 28.5 Å². The molecule has 0 saturated heterocycles. The smallest absolute Gasteiger partial charge is 0.264 e. The lowest BCUT2D eigenvalue weighted by Crippen LogP contribution is -2.52. The van der Waals surface area contributed by atoms with Gasteiger partial charge in [-0.25, -0.2) is 8.42 Å². The van der Waals surface area contributed by atoms with Crippen molar-refractivity contribution in [3.63, 3.8) is 0 Å². The van der Waals surface area contributed by atoms with Crippen molar-refractivity contribution in [1.82, 2.24) is 10.2 Å². The zero-order chi connectivity index (χ0) is 27.2. The summed E-state index contributed by atoms with van der Waals surface area (Å²) in [6.45, 7) is 4.89. The molecule has 2 amide bonds. The van der Waals surface area contributed by atoms with Gasteiger partial charge in [0.25, 0.3) is 10.0 Å². The molecule has 3 rings (SSSR count). The quantitative estimate of drug-likeness (QED) is 0.342. The van der Waals surface area contributed by atoms with Gasteiger partial charge in [-0.2, -0.15) is 0 Å². The first kappa shape index (κ1) is 28.7. The number of anilines is 1. The Morgan fingerprint density at radius 3 is 2.19 bits per heavy atom. The maximum atomic E-state index is 13.8. The second kappa shape index (κ2) is 12.6. The van der Waals surface area contributed by atoms with Crippen LogP contribution in [0.25, 0.3) is 0 Å². The number of carbonyl (C=O) groups excluding carboxylic acids is 2. The summed E-state index contributed by atoms with van der Waals surface area (Å²) in [5.41, 5.74) is 1.07. The first-order chi connectivity index (χ1) is 17.5. The van der Waals surface area contributed by atoms with Gasteiger partial charge in [0.2, 0.25) is 11.8 Å². The van der Waals surface area contributed by atoms with Gasteiger partial charge < -0.3 is 10.2 Å². The third-order valence-corrected chi connectivity index (χ3v) is 8.10. The molecule has 0 bridgehead atoms. The van der Waals surface area contributed by atoms with Crippen LogP contribution in [0.1, 0.15) is 26.3 Å². The molecule has 37 heavy (non-hydrogen) atoms. The fourth-order valence-corrected chi connectivity index (χ4v) is 5.59. The molecule has 7 nitrogen and oxygen atoms in total. The summed E-state index contributed by atoms with van der Waals surface area (Å²) in [6, 6.07) is 20.6. The molecule has 1 N–H and O–H groups in total. The van der Waals surface area contributed by atoms with Crippen LogP contribution < -0.4 is 9.62 Å². The number of carbonyl (C=O) groups is 2. The van der Waals surface area contributed by atoms with Crippen molar-refractivity contribution in [3.05, 3.63) is 93.9 Å². The largest absolute Gasteiger partial charge is 0.352 e. The highest BCUT2D eigenvalue weighted by atomic mass is 79.9. The molecule has 0 aliphatic rings. The Morgan fingerprint density at radius 1 is 0.946 bits per heavy atom. The first-order valence-corrected chi connectivity index (χ1v) is 14.3. The van der Waals surface area contributed by atoms with E-state index >= 15 is 0 Å². The van der Waals surface area contributed by atoms with Crippen LogP contribution in [0.3, 0.4) is 0 Å². The van der Waals surface area contributed by atoms with E-state index in [0.717, 1.165) is 9.87 Å². The fourth-order valence-electron chi connectivity index (χ4n) is 3.65. The molecular formula is C27H29BrClN3O4S. The molecule has 1 unspecified atom stereocenters. The van der Waals surface area contributed by atoms with Gasteiger partial charge in [0.1, 0.15) is 12.6 Å². The molecule has 3 aromatic rings. The molecule has 0 aliphatic carbocycles. The number of nitrogens with zero attached hydrogens (tertiary/aromatic N) is 2. The van der Waals surface area contributed by atoms with Gasteiger partial charge >= 0.3 is 0 Å². The van der Waals surface area contributed by atoms with E-state index in [-0.39, 0.29) is 23.4 Å². The number of nitrogens with one attached hydrogen (secondary N) is 1. The normalized spacial score (nSPS) is 12.2. The zero-order valence-electron chi connectivity index (χ0n) is 20.8. The minimum Gasteiger partial charge on any atom is -0.352 e. The highest BCUT2D eigenvalue weighted by molar-refractivity contribution is 9.10. The zero-order valence-corrected chi connectivity index (χ0v) is 23.9. The molecule has 0 radical (unpaired) electrons. The molecular weight excluding hydrogens is 578 g/mol. The van der Waals surface area contributed by atoms with Gasteiger partial charge in [0, 0.05) is 22.1 Å². The van der Waals surface area contributed by atoms with Crippen molar-refractivity contribution in [3.8, 4) is 0 Å². The summed E-state index contributed by atoms with van der Waals surface area (Å²) in [6.07, 6.45) is 0. The summed E-state index contributed by atoms with van der Waals surface area (Å²) >= 11 is 9.40. The Balaban J connectivity index is 2.01. The van der Waals surface area contributed by atoms with Crippen LogP contribution in [0.4, 0.5) is 5.69 Å². The SMILES string of the molecule is CC(C)NC(=O)C(C)N(Cc1ccc(Cl)cc1)C(=O)CN(c1cccc(Br)c1)S(=O)(=O)c1ccccc1. The lowest BCUT2D eigenvalue weighted by molar-refractivity contribution is -0.139. The number of hydrogen-bond acceptors (Lipinski definition) is 4. The lowest BCUT2D eigenvalue weighted by Gasteiger charge is -2.32. The molecule has 10 heteroatoms. The Kier molecular flexibility index (Phi) is 9.75. The van der Waals surface area contributed by atoms with Gasteiger partial charge in [0.15, 0.2) is 0 Å². The average Bonchev–Trinajstić information content (AvgIpc) is 2.86. The van der Waals surface area contributed by atoms with E-state index in [1.54, 1.807) is 73.7 Å². The monoisotopic (exact) mass is 605 g/mol. The fraction of sp³-hybridized carbons (Fsp3) is 0.259. The van der Waals surface area contributed by atoms with Gasteiger partial charge in [-0.15, -0.1) is 0 Å². The van der Waals surface area contributed by atoms with Gasteiger partial charge in [-0.3, -0.25) is 13.9 Å². The van der Waals surface area contributed by atoms with Gasteiger partial charge in [-0.1, -0.05) is 63.9 Å². The Labute approximate surface area is 231 Å². The van der Waals surface area contributed by atoms with Gasteiger partial charge in [-0.05, 0) is 68.8 Å². The molecule has 196 valence electrons. The van der Waals surface area contributed by atoms with Crippen molar-refractivity contribution in [2.24, 2.45) is 0 Å². The maximum absolute atomic E-state index is 13.8.